The molecule has 1 saturated heterocycles. The third-order valence-electron chi connectivity index (χ3n) is 5.73. The Morgan fingerprint density at radius 1 is 1.24 bits per heavy atom. The molecule has 0 saturated carbocycles. The molecule has 176 valence electrons. The van der Waals surface area contributed by atoms with E-state index in [1.807, 2.05) is 25.7 Å². The van der Waals surface area contributed by atoms with Crippen LogP contribution in [-0.4, -0.2) is 44.8 Å². The van der Waals surface area contributed by atoms with E-state index in [-0.39, 0.29) is 11.7 Å². The number of benzene rings is 1. The quantitative estimate of drug-likeness (QED) is 0.512. The largest absolute Gasteiger partial charge is 0.459 e. The van der Waals surface area contributed by atoms with Crippen LogP contribution in [0.5, 0.6) is 0 Å². The molecule has 1 aliphatic heterocycles. The standard InChI is InChI=1S/C22H27FN6O3S/c1-13(2)19(20-14(3)17-10-15(23)4-5-18(17)32-20)28-22(30)27-16-11-25-21(26-12-16)29-6-8-33(24,31)9-7-29/h4-5,10-13,19,24H,6-9H2,1-3H3,(H2,27,28,30)/t19-/m1/s1. The summed E-state index contributed by atoms with van der Waals surface area (Å²) in [5.74, 6) is 1.33. The number of amides is 2. The predicted molar refractivity (Wildman–Crippen MR) is 125 cm³/mol. The molecular weight excluding hydrogens is 447 g/mol. The molecule has 0 aliphatic carbocycles. The Morgan fingerprint density at radius 2 is 1.91 bits per heavy atom. The molecule has 2 amide bonds. The second-order valence-corrected chi connectivity index (χ2v) is 11.0. The summed E-state index contributed by atoms with van der Waals surface area (Å²) in [7, 11) is -2.49. The van der Waals surface area contributed by atoms with Gasteiger partial charge in [-0.15, -0.1) is 0 Å². The van der Waals surface area contributed by atoms with Gasteiger partial charge < -0.3 is 20.0 Å². The number of aromatic nitrogens is 2. The molecule has 2 aromatic heterocycles. The van der Waals surface area contributed by atoms with E-state index in [2.05, 4.69) is 20.6 Å². The second kappa shape index (κ2) is 8.97. The minimum atomic E-state index is -2.49. The van der Waals surface area contributed by atoms with Gasteiger partial charge in [0.15, 0.2) is 0 Å². The van der Waals surface area contributed by atoms with Crippen molar-refractivity contribution in [2.75, 3.05) is 34.8 Å². The van der Waals surface area contributed by atoms with Gasteiger partial charge in [-0.2, -0.15) is 0 Å². The van der Waals surface area contributed by atoms with Crippen molar-refractivity contribution < 1.29 is 17.8 Å². The number of furan rings is 1. The van der Waals surface area contributed by atoms with Crippen molar-refractivity contribution in [1.82, 2.24) is 15.3 Å². The highest BCUT2D eigenvalue weighted by Gasteiger charge is 2.26. The van der Waals surface area contributed by atoms with Crippen molar-refractivity contribution >= 4 is 38.4 Å². The van der Waals surface area contributed by atoms with Gasteiger partial charge in [0.1, 0.15) is 17.2 Å². The van der Waals surface area contributed by atoms with Crippen molar-refractivity contribution in [2.24, 2.45) is 5.92 Å². The second-order valence-electron chi connectivity index (χ2n) is 8.53. The summed E-state index contributed by atoms with van der Waals surface area (Å²) < 4.78 is 39.1. The van der Waals surface area contributed by atoms with Crippen molar-refractivity contribution in [1.29, 1.82) is 4.78 Å². The summed E-state index contributed by atoms with van der Waals surface area (Å²) in [6.45, 7) is 6.70. The molecule has 33 heavy (non-hydrogen) atoms. The van der Waals surface area contributed by atoms with E-state index in [1.165, 1.54) is 24.5 Å². The fourth-order valence-electron chi connectivity index (χ4n) is 3.83. The molecule has 11 heteroatoms. The highest BCUT2D eigenvalue weighted by molar-refractivity contribution is 7.92. The summed E-state index contributed by atoms with van der Waals surface area (Å²) in [5.41, 5.74) is 1.78. The van der Waals surface area contributed by atoms with E-state index in [0.29, 0.717) is 53.0 Å². The molecule has 4 rings (SSSR count). The summed E-state index contributed by atoms with van der Waals surface area (Å²) in [4.78, 5) is 23.2. The van der Waals surface area contributed by atoms with E-state index in [1.54, 1.807) is 6.07 Å². The minimum absolute atomic E-state index is 0.0184. The van der Waals surface area contributed by atoms with Gasteiger partial charge in [0, 0.05) is 45.3 Å². The number of carbonyl (C=O) groups excluding carboxylic acids is 1. The van der Waals surface area contributed by atoms with Gasteiger partial charge in [-0.1, -0.05) is 13.8 Å². The van der Waals surface area contributed by atoms with Crippen molar-refractivity contribution in [3.8, 4) is 0 Å². The van der Waals surface area contributed by atoms with Gasteiger partial charge in [0.2, 0.25) is 5.95 Å². The Kier molecular flexibility index (Phi) is 6.24. The average molecular weight is 475 g/mol. The summed E-state index contributed by atoms with van der Waals surface area (Å²) in [6, 6.07) is 3.50. The van der Waals surface area contributed by atoms with Crippen LogP contribution in [0.25, 0.3) is 11.0 Å². The van der Waals surface area contributed by atoms with E-state index in [9.17, 15) is 13.4 Å². The maximum atomic E-state index is 13.7. The summed E-state index contributed by atoms with van der Waals surface area (Å²) >= 11 is 0. The van der Waals surface area contributed by atoms with Crippen LogP contribution in [0.15, 0.2) is 35.0 Å². The molecule has 3 N–H and O–H groups in total. The number of urea groups is 1. The van der Waals surface area contributed by atoms with Gasteiger partial charge in [-0.25, -0.2) is 23.4 Å². The van der Waals surface area contributed by atoms with Crippen LogP contribution in [0, 0.1) is 23.4 Å². The molecule has 1 aromatic carbocycles. The monoisotopic (exact) mass is 474 g/mol. The molecule has 1 aliphatic rings. The molecular formula is C22H27FN6O3S. The number of fused-ring (bicyclic) bond motifs is 1. The highest BCUT2D eigenvalue weighted by Crippen LogP contribution is 2.33. The SMILES string of the molecule is Cc1c([C@H](NC(=O)Nc2cnc(N3CCS(=N)(=O)CC3)nc2)C(C)C)oc2ccc(F)cc12. The third-order valence-corrected chi connectivity index (χ3v) is 7.42. The summed E-state index contributed by atoms with van der Waals surface area (Å²) in [6.07, 6.45) is 3.02. The number of carbonyl (C=O) groups is 1. The number of halogens is 1. The first kappa shape index (κ1) is 23.0. The lowest BCUT2D eigenvalue weighted by Gasteiger charge is -2.27. The van der Waals surface area contributed by atoms with Crippen molar-refractivity contribution in [2.45, 2.75) is 26.8 Å². The number of hydrogen-bond donors (Lipinski definition) is 3. The molecule has 0 unspecified atom stereocenters. The number of anilines is 2. The highest BCUT2D eigenvalue weighted by atomic mass is 32.2. The zero-order chi connectivity index (χ0) is 23.8. The number of aryl methyl sites for hydroxylation is 1. The number of nitrogens with zero attached hydrogens (tertiary/aromatic N) is 3. The lowest BCUT2D eigenvalue weighted by atomic mass is 9.98. The van der Waals surface area contributed by atoms with Crippen LogP contribution in [0.1, 0.15) is 31.2 Å². The Bertz CT molecular complexity index is 1260. The van der Waals surface area contributed by atoms with Crippen LogP contribution in [-0.2, 0) is 9.73 Å². The fourth-order valence-corrected chi connectivity index (χ4v) is 5.07. The molecule has 3 heterocycles. The molecule has 0 radical (unpaired) electrons. The average Bonchev–Trinajstić information content (AvgIpc) is 3.08. The Labute approximate surface area is 191 Å². The number of hydrogen-bond acceptors (Lipinski definition) is 7. The molecule has 9 nitrogen and oxygen atoms in total. The third kappa shape index (κ3) is 5.08. The van der Waals surface area contributed by atoms with Gasteiger partial charge in [-0.3, -0.25) is 4.78 Å². The maximum absolute atomic E-state index is 13.7. The van der Waals surface area contributed by atoms with Crippen LogP contribution in [0.2, 0.25) is 0 Å². The zero-order valence-electron chi connectivity index (χ0n) is 18.7. The smallest absolute Gasteiger partial charge is 0.319 e. The Morgan fingerprint density at radius 3 is 2.55 bits per heavy atom. The fraction of sp³-hybridized carbons (Fsp3) is 0.409. The first-order valence-electron chi connectivity index (χ1n) is 10.7. The molecule has 3 aromatic rings. The molecule has 1 fully saturated rings. The van der Waals surface area contributed by atoms with Crippen molar-refractivity contribution in [3.63, 3.8) is 0 Å². The molecule has 0 spiro atoms. The lowest BCUT2D eigenvalue weighted by molar-refractivity contribution is 0.241. The summed E-state index contributed by atoms with van der Waals surface area (Å²) in [5, 5.41) is 6.34. The van der Waals surface area contributed by atoms with E-state index in [0.717, 1.165) is 5.56 Å². The van der Waals surface area contributed by atoms with Gasteiger partial charge in [0.05, 0.1) is 24.1 Å². The van der Waals surface area contributed by atoms with Crippen LogP contribution < -0.4 is 15.5 Å². The molecule has 1 atom stereocenters. The van der Waals surface area contributed by atoms with E-state index < -0.39 is 21.8 Å². The number of nitrogens with one attached hydrogen (secondary N) is 3. The van der Waals surface area contributed by atoms with Crippen molar-refractivity contribution in [3.05, 3.63) is 47.7 Å². The lowest BCUT2D eigenvalue weighted by Crippen LogP contribution is -2.40. The maximum Gasteiger partial charge on any atom is 0.319 e. The first-order chi connectivity index (χ1) is 15.6. The zero-order valence-corrected chi connectivity index (χ0v) is 19.5. The number of rotatable bonds is 5. The topological polar surface area (TPSA) is 124 Å². The normalized spacial score (nSPS) is 16.7. The van der Waals surface area contributed by atoms with Crippen LogP contribution in [0.4, 0.5) is 20.8 Å². The predicted octanol–water partition coefficient (Wildman–Crippen LogP) is 4.06. The first-order valence-corrected chi connectivity index (χ1v) is 12.6. The van der Waals surface area contributed by atoms with Crippen LogP contribution in [0.3, 0.4) is 0 Å². The van der Waals surface area contributed by atoms with E-state index >= 15 is 0 Å². The van der Waals surface area contributed by atoms with Gasteiger partial charge >= 0.3 is 6.03 Å². The van der Waals surface area contributed by atoms with Gasteiger partial charge in [0.25, 0.3) is 0 Å². The Hall–Kier alpha value is -3.21. The van der Waals surface area contributed by atoms with Crippen LogP contribution >= 0.6 is 0 Å². The minimum Gasteiger partial charge on any atom is -0.459 e. The Balaban J connectivity index is 1.44. The molecule has 0 bridgehead atoms. The van der Waals surface area contributed by atoms with E-state index in [4.69, 9.17) is 9.20 Å². The van der Waals surface area contributed by atoms with Gasteiger partial charge in [-0.05, 0) is 31.0 Å².